The average molecular weight is 424 g/mol. The van der Waals surface area contributed by atoms with Crippen LogP contribution in [-0.4, -0.2) is 35.1 Å². The second-order valence-corrected chi connectivity index (χ2v) is 9.69. The van der Waals surface area contributed by atoms with E-state index in [9.17, 15) is 9.59 Å². The van der Waals surface area contributed by atoms with Crippen LogP contribution in [0, 0.1) is 27.7 Å². The van der Waals surface area contributed by atoms with Crippen LogP contribution in [-0.2, 0) is 9.59 Å². The number of ether oxygens (including phenoxy) is 1. The largest absolute Gasteiger partial charge is 0.492 e. The fraction of sp³-hybridized carbons (Fsp3) is 0.360. The molecule has 5 heteroatoms. The van der Waals surface area contributed by atoms with E-state index in [4.69, 9.17) is 4.74 Å². The second kappa shape index (κ2) is 9.09. The van der Waals surface area contributed by atoms with Gasteiger partial charge >= 0.3 is 0 Å². The molecule has 0 saturated heterocycles. The summed E-state index contributed by atoms with van der Waals surface area (Å²) in [5.41, 5.74) is 5.81. The van der Waals surface area contributed by atoms with Gasteiger partial charge in [-0.15, -0.1) is 11.8 Å². The number of benzene rings is 2. The normalized spacial score (nSPS) is 14.3. The lowest BCUT2D eigenvalue weighted by Crippen LogP contribution is -2.35. The molecule has 158 valence electrons. The highest BCUT2D eigenvalue weighted by molar-refractivity contribution is 8.04. The molecule has 0 spiro atoms. The zero-order chi connectivity index (χ0) is 22.0. The van der Waals surface area contributed by atoms with Gasteiger partial charge in [0.05, 0.1) is 17.0 Å². The van der Waals surface area contributed by atoms with Crippen LogP contribution in [0.3, 0.4) is 0 Å². The minimum absolute atomic E-state index is 0.199. The molecule has 1 heterocycles. The van der Waals surface area contributed by atoms with Crippen molar-refractivity contribution < 1.29 is 14.3 Å². The summed E-state index contributed by atoms with van der Waals surface area (Å²) >= 11 is 1.45. The minimum Gasteiger partial charge on any atom is -0.492 e. The van der Waals surface area contributed by atoms with Gasteiger partial charge in [0.2, 0.25) is 0 Å². The SMILES string of the molecule is Cc1cc(C)cc(OCCN2C(=O)C(SC(C)C)=C(c3ccc(C)c(C)c3)C2=O)c1. The standard InChI is InChI=1S/C25H29NO3S/c1-15(2)30-23-22(20-8-7-18(5)19(6)14-20)24(27)26(25(23)28)9-10-29-21-12-16(3)11-17(4)13-21/h7-8,11-15H,9-10H2,1-6H3. The zero-order valence-corrected chi connectivity index (χ0v) is 19.4. The molecule has 0 aliphatic carbocycles. The Balaban J connectivity index is 1.82. The van der Waals surface area contributed by atoms with E-state index in [1.165, 1.54) is 16.7 Å². The molecule has 0 radical (unpaired) electrons. The Labute approximate surface area is 183 Å². The van der Waals surface area contributed by atoms with Crippen molar-refractivity contribution in [1.29, 1.82) is 0 Å². The Bertz CT molecular complexity index is 1000. The molecule has 4 nitrogen and oxygen atoms in total. The minimum atomic E-state index is -0.240. The molecule has 0 unspecified atom stereocenters. The van der Waals surface area contributed by atoms with E-state index in [1.807, 2.05) is 71.9 Å². The zero-order valence-electron chi connectivity index (χ0n) is 18.5. The maximum absolute atomic E-state index is 13.2. The fourth-order valence-corrected chi connectivity index (χ4v) is 4.53. The topological polar surface area (TPSA) is 46.6 Å². The number of imide groups is 1. The first kappa shape index (κ1) is 22.2. The van der Waals surface area contributed by atoms with Crippen LogP contribution in [0.4, 0.5) is 0 Å². The highest BCUT2D eigenvalue weighted by atomic mass is 32.2. The predicted octanol–water partition coefficient (Wildman–Crippen LogP) is 5.22. The van der Waals surface area contributed by atoms with Crippen molar-refractivity contribution in [2.75, 3.05) is 13.2 Å². The monoisotopic (exact) mass is 423 g/mol. The van der Waals surface area contributed by atoms with E-state index in [2.05, 4.69) is 6.07 Å². The Morgan fingerprint density at radius 2 is 1.57 bits per heavy atom. The Morgan fingerprint density at radius 3 is 2.17 bits per heavy atom. The summed E-state index contributed by atoms with van der Waals surface area (Å²) in [6, 6.07) is 11.9. The van der Waals surface area contributed by atoms with Crippen LogP contribution in [0.25, 0.3) is 5.57 Å². The molecule has 0 fully saturated rings. The van der Waals surface area contributed by atoms with Crippen molar-refractivity contribution in [3.63, 3.8) is 0 Å². The molecule has 0 atom stereocenters. The first-order chi connectivity index (χ1) is 14.2. The van der Waals surface area contributed by atoms with E-state index in [0.717, 1.165) is 33.6 Å². The van der Waals surface area contributed by atoms with E-state index in [-0.39, 0.29) is 30.2 Å². The van der Waals surface area contributed by atoms with Crippen molar-refractivity contribution in [1.82, 2.24) is 4.90 Å². The van der Waals surface area contributed by atoms with Gasteiger partial charge in [-0.2, -0.15) is 0 Å². The molecule has 1 aliphatic heterocycles. The third kappa shape index (κ3) is 4.78. The van der Waals surface area contributed by atoms with Crippen LogP contribution >= 0.6 is 11.8 Å². The summed E-state index contributed by atoms with van der Waals surface area (Å²) in [5, 5.41) is 0.199. The molecule has 0 aromatic heterocycles. The van der Waals surface area contributed by atoms with E-state index in [0.29, 0.717) is 10.5 Å². The van der Waals surface area contributed by atoms with Crippen LogP contribution in [0.5, 0.6) is 5.75 Å². The summed E-state index contributed by atoms with van der Waals surface area (Å²) in [5.74, 6) is 0.289. The first-order valence-electron chi connectivity index (χ1n) is 10.2. The van der Waals surface area contributed by atoms with Crippen molar-refractivity contribution >= 4 is 29.1 Å². The van der Waals surface area contributed by atoms with Crippen LogP contribution in [0.1, 0.15) is 41.7 Å². The number of rotatable bonds is 7. The highest BCUT2D eigenvalue weighted by Crippen LogP contribution is 2.38. The van der Waals surface area contributed by atoms with Crippen molar-refractivity contribution in [3.8, 4) is 5.75 Å². The number of nitrogens with zero attached hydrogens (tertiary/aromatic N) is 1. The van der Waals surface area contributed by atoms with E-state index in [1.54, 1.807) is 0 Å². The quantitative estimate of drug-likeness (QED) is 0.573. The van der Waals surface area contributed by atoms with Crippen LogP contribution in [0.2, 0.25) is 0 Å². The van der Waals surface area contributed by atoms with Gasteiger partial charge in [0.25, 0.3) is 11.8 Å². The Morgan fingerprint density at radius 1 is 0.900 bits per heavy atom. The van der Waals surface area contributed by atoms with Gasteiger partial charge in [0.1, 0.15) is 12.4 Å². The van der Waals surface area contributed by atoms with Crippen molar-refractivity contribution in [2.24, 2.45) is 0 Å². The van der Waals surface area contributed by atoms with Crippen LogP contribution in [0.15, 0.2) is 41.3 Å². The Hall–Kier alpha value is -2.53. The molecule has 1 aliphatic rings. The number of carbonyl (C=O) groups is 2. The summed E-state index contributed by atoms with van der Waals surface area (Å²) in [6.45, 7) is 12.6. The molecule has 3 rings (SSSR count). The summed E-state index contributed by atoms with van der Waals surface area (Å²) < 4.78 is 5.85. The fourth-order valence-electron chi connectivity index (χ4n) is 3.52. The number of amides is 2. The third-order valence-corrected chi connectivity index (χ3v) is 6.14. The second-order valence-electron chi connectivity index (χ2n) is 8.10. The molecule has 0 N–H and O–H groups in total. The summed E-state index contributed by atoms with van der Waals surface area (Å²) in [4.78, 5) is 28.2. The molecular formula is C25H29NO3S. The van der Waals surface area contributed by atoms with E-state index < -0.39 is 0 Å². The molecule has 2 aromatic carbocycles. The number of aryl methyl sites for hydroxylation is 4. The lowest BCUT2D eigenvalue weighted by Gasteiger charge is -2.16. The van der Waals surface area contributed by atoms with Gasteiger partial charge in [-0.25, -0.2) is 0 Å². The first-order valence-corrected chi connectivity index (χ1v) is 11.1. The van der Waals surface area contributed by atoms with Gasteiger partial charge in [0.15, 0.2) is 0 Å². The number of thioether (sulfide) groups is 1. The summed E-state index contributed by atoms with van der Waals surface area (Å²) in [7, 11) is 0. The lowest BCUT2D eigenvalue weighted by molar-refractivity contribution is -0.136. The molecule has 0 bridgehead atoms. The molecule has 2 aromatic rings. The van der Waals surface area contributed by atoms with Crippen molar-refractivity contribution in [2.45, 2.75) is 46.8 Å². The average Bonchev–Trinajstić information content (AvgIpc) is 2.87. The van der Waals surface area contributed by atoms with Crippen molar-refractivity contribution in [3.05, 3.63) is 69.1 Å². The Kier molecular flexibility index (Phi) is 6.71. The van der Waals surface area contributed by atoms with Gasteiger partial charge in [-0.1, -0.05) is 38.1 Å². The maximum atomic E-state index is 13.2. The number of carbonyl (C=O) groups excluding carboxylic acids is 2. The van der Waals surface area contributed by atoms with Gasteiger partial charge in [-0.3, -0.25) is 14.5 Å². The van der Waals surface area contributed by atoms with Gasteiger partial charge < -0.3 is 4.74 Å². The number of hydrogen-bond acceptors (Lipinski definition) is 4. The maximum Gasteiger partial charge on any atom is 0.268 e. The molecule has 2 amide bonds. The molecule has 30 heavy (non-hydrogen) atoms. The third-order valence-electron chi connectivity index (χ3n) is 5.05. The number of hydrogen-bond donors (Lipinski definition) is 0. The lowest BCUT2D eigenvalue weighted by atomic mass is 10.0. The molecule has 0 saturated carbocycles. The molecular weight excluding hydrogens is 394 g/mol. The van der Waals surface area contributed by atoms with E-state index >= 15 is 0 Å². The predicted molar refractivity (Wildman–Crippen MR) is 124 cm³/mol. The summed E-state index contributed by atoms with van der Waals surface area (Å²) in [6.07, 6.45) is 0. The van der Waals surface area contributed by atoms with Gasteiger partial charge in [0, 0.05) is 5.25 Å². The van der Waals surface area contributed by atoms with Gasteiger partial charge in [-0.05, 0) is 67.6 Å². The highest BCUT2D eigenvalue weighted by Gasteiger charge is 2.39. The smallest absolute Gasteiger partial charge is 0.268 e. The van der Waals surface area contributed by atoms with Crippen LogP contribution < -0.4 is 4.74 Å².